The van der Waals surface area contributed by atoms with Crippen molar-refractivity contribution in [2.24, 2.45) is 0 Å². The maximum atomic E-state index is 13.2. The lowest BCUT2D eigenvalue weighted by Gasteiger charge is -2.34. The lowest BCUT2D eigenvalue weighted by molar-refractivity contribution is 0.0679. The van der Waals surface area contributed by atoms with Crippen LogP contribution in [0.2, 0.25) is 5.02 Å². The van der Waals surface area contributed by atoms with Crippen molar-refractivity contribution in [3.63, 3.8) is 0 Å². The van der Waals surface area contributed by atoms with E-state index in [9.17, 15) is 13.2 Å². The SMILES string of the molecule is C[C@H]1c2ccsc2CCN1C(=O)c1ccc(Cl)c(S(=O)(=O)N(C)c2ccccc2)c1. The molecule has 156 valence electrons. The Hall–Kier alpha value is -2.35. The zero-order valence-corrected chi connectivity index (χ0v) is 19.0. The largest absolute Gasteiger partial charge is 0.331 e. The van der Waals surface area contributed by atoms with Crippen LogP contribution in [0, 0.1) is 0 Å². The predicted octanol–water partition coefficient (Wildman–Crippen LogP) is 4.99. The van der Waals surface area contributed by atoms with Crippen LogP contribution >= 0.6 is 22.9 Å². The molecular weight excluding hydrogens is 440 g/mol. The second-order valence-corrected chi connectivity index (χ2v) is 10.5. The van der Waals surface area contributed by atoms with E-state index in [1.54, 1.807) is 46.6 Å². The first kappa shape index (κ1) is 20.9. The number of benzene rings is 2. The summed E-state index contributed by atoms with van der Waals surface area (Å²) >= 11 is 7.96. The number of hydrogen-bond acceptors (Lipinski definition) is 4. The lowest BCUT2D eigenvalue weighted by atomic mass is 10.0. The van der Waals surface area contributed by atoms with E-state index in [0.29, 0.717) is 17.8 Å². The number of amides is 1. The molecular formula is C22H21ClN2O3S2. The number of para-hydroxylation sites is 1. The first-order valence-corrected chi connectivity index (χ1v) is 12.2. The third-order valence-electron chi connectivity index (χ3n) is 5.47. The Kier molecular flexibility index (Phi) is 5.61. The van der Waals surface area contributed by atoms with Crippen molar-refractivity contribution in [1.82, 2.24) is 4.90 Å². The average molecular weight is 461 g/mol. The van der Waals surface area contributed by atoms with Crippen LogP contribution < -0.4 is 4.31 Å². The summed E-state index contributed by atoms with van der Waals surface area (Å²) in [7, 11) is -2.46. The van der Waals surface area contributed by atoms with Gasteiger partial charge in [-0.05, 0) is 60.7 Å². The minimum Gasteiger partial charge on any atom is -0.331 e. The lowest BCUT2D eigenvalue weighted by Crippen LogP contribution is -2.38. The average Bonchev–Trinajstić information content (AvgIpc) is 3.23. The molecule has 1 amide bonds. The Bertz CT molecular complexity index is 1190. The third kappa shape index (κ3) is 3.62. The van der Waals surface area contributed by atoms with Crippen molar-refractivity contribution in [3.8, 4) is 0 Å². The molecule has 0 aliphatic carbocycles. The topological polar surface area (TPSA) is 57.7 Å². The molecule has 5 nitrogen and oxygen atoms in total. The molecule has 0 unspecified atom stereocenters. The molecule has 1 aliphatic heterocycles. The van der Waals surface area contributed by atoms with Crippen LogP contribution in [-0.4, -0.2) is 32.8 Å². The molecule has 30 heavy (non-hydrogen) atoms. The van der Waals surface area contributed by atoms with E-state index in [2.05, 4.69) is 6.07 Å². The number of fused-ring (bicyclic) bond motifs is 1. The fourth-order valence-corrected chi connectivity index (χ4v) is 6.37. The highest BCUT2D eigenvalue weighted by Gasteiger charge is 2.31. The Morgan fingerprint density at radius 2 is 1.90 bits per heavy atom. The molecule has 3 aromatic rings. The second kappa shape index (κ2) is 8.06. The Balaban J connectivity index is 1.68. The minimum absolute atomic E-state index is 0.0600. The van der Waals surface area contributed by atoms with Crippen molar-refractivity contribution in [1.29, 1.82) is 0 Å². The van der Waals surface area contributed by atoms with Crippen molar-refractivity contribution >= 4 is 44.6 Å². The summed E-state index contributed by atoms with van der Waals surface area (Å²) < 4.78 is 27.6. The van der Waals surface area contributed by atoms with E-state index < -0.39 is 10.0 Å². The van der Waals surface area contributed by atoms with Crippen molar-refractivity contribution in [2.45, 2.75) is 24.3 Å². The molecule has 0 spiro atoms. The monoisotopic (exact) mass is 460 g/mol. The number of sulfonamides is 1. The molecule has 8 heteroatoms. The van der Waals surface area contributed by atoms with Gasteiger partial charge in [-0.25, -0.2) is 8.42 Å². The van der Waals surface area contributed by atoms with Gasteiger partial charge < -0.3 is 4.90 Å². The molecule has 1 aromatic heterocycles. The van der Waals surface area contributed by atoms with Gasteiger partial charge in [0.05, 0.1) is 16.8 Å². The van der Waals surface area contributed by atoms with Crippen LogP contribution in [0.3, 0.4) is 0 Å². The highest BCUT2D eigenvalue weighted by molar-refractivity contribution is 7.93. The fraction of sp³-hybridized carbons (Fsp3) is 0.227. The number of carbonyl (C=O) groups is 1. The van der Waals surface area contributed by atoms with Crippen LogP contribution in [0.25, 0.3) is 0 Å². The number of thiophene rings is 1. The molecule has 0 saturated heterocycles. The molecule has 1 aliphatic rings. The highest BCUT2D eigenvalue weighted by atomic mass is 35.5. The minimum atomic E-state index is -3.93. The number of nitrogens with zero attached hydrogens (tertiary/aromatic N) is 2. The van der Waals surface area contributed by atoms with Gasteiger partial charge in [0.25, 0.3) is 15.9 Å². The predicted molar refractivity (Wildman–Crippen MR) is 121 cm³/mol. The molecule has 0 radical (unpaired) electrons. The summed E-state index contributed by atoms with van der Waals surface area (Å²) in [5, 5.41) is 2.13. The van der Waals surface area contributed by atoms with Crippen molar-refractivity contribution < 1.29 is 13.2 Å². The third-order valence-corrected chi connectivity index (χ3v) is 8.74. The Labute approximate surface area is 185 Å². The molecule has 2 heterocycles. The molecule has 0 N–H and O–H groups in total. The number of halogens is 1. The summed E-state index contributed by atoms with van der Waals surface area (Å²) in [6.45, 7) is 2.60. The number of carbonyl (C=O) groups excluding carboxylic acids is 1. The molecule has 4 rings (SSSR count). The molecule has 0 fully saturated rings. The maximum absolute atomic E-state index is 13.2. The van der Waals surface area contributed by atoms with E-state index >= 15 is 0 Å². The standard InChI is InChI=1S/C22H21ClN2O3S2/c1-15-18-11-13-29-20(18)10-12-25(15)22(26)16-8-9-19(23)21(14-16)30(27,28)24(2)17-6-4-3-5-7-17/h3-9,11,13-15H,10,12H2,1-2H3/t15-/m0/s1. The number of rotatable bonds is 4. The molecule has 2 aromatic carbocycles. The normalized spacial score (nSPS) is 16.2. The molecule has 0 saturated carbocycles. The van der Waals surface area contributed by atoms with Gasteiger partial charge in [0.1, 0.15) is 4.90 Å². The Morgan fingerprint density at radius 1 is 1.17 bits per heavy atom. The van der Waals surface area contributed by atoms with Gasteiger partial charge in [-0.2, -0.15) is 0 Å². The first-order valence-electron chi connectivity index (χ1n) is 9.51. The van der Waals surface area contributed by atoms with Gasteiger partial charge in [-0.15, -0.1) is 11.3 Å². The van der Waals surface area contributed by atoms with Gasteiger partial charge in [-0.1, -0.05) is 29.8 Å². The number of anilines is 1. The molecule has 1 atom stereocenters. The van der Waals surface area contributed by atoms with Crippen LogP contribution in [-0.2, 0) is 16.4 Å². The van der Waals surface area contributed by atoms with Gasteiger partial charge in [0, 0.05) is 24.0 Å². The number of hydrogen-bond donors (Lipinski definition) is 0. The van der Waals surface area contributed by atoms with Crippen molar-refractivity contribution in [3.05, 3.63) is 81.0 Å². The summed E-state index contributed by atoms with van der Waals surface area (Å²) in [4.78, 5) is 16.3. The summed E-state index contributed by atoms with van der Waals surface area (Å²) in [6.07, 6.45) is 0.804. The summed E-state index contributed by atoms with van der Waals surface area (Å²) in [6, 6.07) is 15.2. The smallest absolute Gasteiger partial charge is 0.265 e. The van der Waals surface area contributed by atoms with Crippen LogP contribution in [0.15, 0.2) is 64.9 Å². The second-order valence-electron chi connectivity index (χ2n) is 7.18. The maximum Gasteiger partial charge on any atom is 0.265 e. The van der Waals surface area contributed by atoms with Gasteiger partial charge >= 0.3 is 0 Å². The Morgan fingerprint density at radius 3 is 2.63 bits per heavy atom. The van der Waals surface area contributed by atoms with E-state index in [-0.39, 0.29) is 21.9 Å². The zero-order chi connectivity index (χ0) is 21.5. The van der Waals surface area contributed by atoms with Crippen molar-refractivity contribution in [2.75, 3.05) is 17.9 Å². The van der Waals surface area contributed by atoms with Crippen LogP contribution in [0.1, 0.15) is 33.8 Å². The quantitative estimate of drug-likeness (QED) is 0.551. The highest BCUT2D eigenvalue weighted by Crippen LogP contribution is 2.35. The van der Waals surface area contributed by atoms with E-state index in [0.717, 1.165) is 12.0 Å². The van der Waals surface area contributed by atoms with E-state index in [1.807, 2.05) is 18.4 Å². The summed E-state index contributed by atoms with van der Waals surface area (Å²) in [5.74, 6) is -0.199. The molecule has 0 bridgehead atoms. The zero-order valence-electron chi connectivity index (χ0n) is 16.6. The van der Waals surface area contributed by atoms with Gasteiger partial charge in [0.15, 0.2) is 0 Å². The first-order chi connectivity index (χ1) is 14.3. The van der Waals surface area contributed by atoms with Crippen LogP contribution in [0.4, 0.5) is 5.69 Å². The van der Waals surface area contributed by atoms with E-state index in [4.69, 9.17) is 11.6 Å². The van der Waals surface area contributed by atoms with Crippen LogP contribution in [0.5, 0.6) is 0 Å². The summed E-state index contributed by atoms with van der Waals surface area (Å²) in [5.41, 5.74) is 1.98. The fourth-order valence-electron chi connectivity index (χ4n) is 3.71. The van der Waals surface area contributed by atoms with Gasteiger partial charge in [0.2, 0.25) is 0 Å². The van der Waals surface area contributed by atoms with E-state index in [1.165, 1.54) is 28.4 Å². The van der Waals surface area contributed by atoms with Gasteiger partial charge in [-0.3, -0.25) is 9.10 Å².